The highest BCUT2D eigenvalue weighted by molar-refractivity contribution is 6.26. The van der Waals surface area contributed by atoms with Crippen molar-refractivity contribution in [3.8, 4) is 11.5 Å². The van der Waals surface area contributed by atoms with E-state index in [1.165, 1.54) is 14.0 Å². The lowest BCUT2D eigenvalue weighted by Crippen LogP contribution is -2.40. The van der Waals surface area contributed by atoms with Gasteiger partial charge in [-0.1, -0.05) is 5.16 Å². The van der Waals surface area contributed by atoms with Crippen LogP contribution in [-0.2, 0) is 14.4 Å². The number of rotatable bonds is 5. The first-order chi connectivity index (χ1) is 14.4. The predicted octanol–water partition coefficient (Wildman–Crippen LogP) is 2.73. The van der Waals surface area contributed by atoms with Gasteiger partial charge in [0.15, 0.2) is 5.78 Å². The third-order valence-corrected chi connectivity index (χ3v) is 5.31. The Hall–Kier alpha value is -3.68. The molecular weight excluding hydrogens is 388 g/mol. The maximum atomic E-state index is 13.2. The van der Waals surface area contributed by atoms with Crippen LogP contribution in [0.4, 0.5) is 5.69 Å². The molecule has 8 nitrogen and oxygen atoms in total. The Morgan fingerprint density at radius 2 is 1.80 bits per heavy atom. The molecule has 0 bridgehead atoms. The Kier molecular flexibility index (Phi) is 4.77. The van der Waals surface area contributed by atoms with E-state index in [1.807, 2.05) is 0 Å². The number of methoxy groups -OCH3 is 2. The van der Waals surface area contributed by atoms with Crippen molar-refractivity contribution in [3.63, 3.8) is 0 Å². The van der Waals surface area contributed by atoms with Crippen molar-refractivity contribution in [2.75, 3.05) is 19.1 Å². The average molecular weight is 408 g/mol. The molecule has 0 aromatic heterocycles. The zero-order valence-electron chi connectivity index (χ0n) is 16.8. The second kappa shape index (κ2) is 7.29. The summed E-state index contributed by atoms with van der Waals surface area (Å²) in [6, 6.07) is 11.6. The fraction of sp³-hybridized carbons (Fsp3) is 0.273. The summed E-state index contributed by atoms with van der Waals surface area (Å²) in [6.45, 7) is 1.45. The monoisotopic (exact) mass is 408 g/mol. The zero-order valence-corrected chi connectivity index (χ0v) is 16.8. The van der Waals surface area contributed by atoms with E-state index >= 15 is 0 Å². The number of anilines is 1. The molecule has 0 N–H and O–H groups in total. The van der Waals surface area contributed by atoms with Crippen LogP contribution < -0.4 is 14.4 Å². The summed E-state index contributed by atoms with van der Waals surface area (Å²) in [7, 11) is 3.09. The molecule has 1 spiro atoms. The first kappa shape index (κ1) is 19.6. The molecule has 2 aromatic rings. The molecule has 0 saturated carbocycles. The summed E-state index contributed by atoms with van der Waals surface area (Å²) in [5, 5.41) is 4.11. The fourth-order valence-electron chi connectivity index (χ4n) is 3.69. The molecule has 1 fully saturated rings. The van der Waals surface area contributed by atoms with Gasteiger partial charge in [0.2, 0.25) is 11.5 Å². The van der Waals surface area contributed by atoms with Gasteiger partial charge < -0.3 is 14.3 Å². The minimum Gasteiger partial charge on any atom is -0.497 e. The topological polar surface area (TPSA) is 94.5 Å². The lowest BCUT2D eigenvalue weighted by molar-refractivity contribution is -0.136. The van der Waals surface area contributed by atoms with Crippen molar-refractivity contribution < 1.29 is 28.7 Å². The van der Waals surface area contributed by atoms with Gasteiger partial charge in [-0.3, -0.25) is 14.4 Å². The molecule has 2 heterocycles. The molecule has 2 aromatic carbocycles. The summed E-state index contributed by atoms with van der Waals surface area (Å²) >= 11 is 0. The van der Waals surface area contributed by atoms with Gasteiger partial charge in [-0.05, 0) is 49.4 Å². The van der Waals surface area contributed by atoms with Crippen molar-refractivity contribution in [2.45, 2.75) is 25.4 Å². The summed E-state index contributed by atoms with van der Waals surface area (Å²) < 4.78 is 10.7. The van der Waals surface area contributed by atoms with Crippen molar-refractivity contribution in [1.82, 2.24) is 0 Å². The molecule has 1 atom stereocenters. The van der Waals surface area contributed by atoms with Crippen molar-refractivity contribution in [1.29, 1.82) is 0 Å². The number of imide groups is 1. The van der Waals surface area contributed by atoms with Crippen LogP contribution in [0, 0.1) is 0 Å². The first-order valence-electron chi connectivity index (χ1n) is 9.34. The summed E-state index contributed by atoms with van der Waals surface area (Å²) in [5.41, 5.74) is 0.641. The number of Topliss-reactive ketones (excluding diaryl/α,β-unsaturated/α-hetero) is 1. The second-order valence-corrected chi connectivity index (χ2v) is 7.18. The first-order valence-corrected chi connectivity index (χ1v) is 9.34. The van der Waals surface area contributed by atoms with Gasteiger partial charge in [0.05, 0.1) is 32.0 Å². The number of hydrogen-bond acceptors (Lipinski definition) is 7. The summed E-state index contributed by atoms with van der Waals surface area (Å²) in [5.74, 6) is 0.203. The van der Waals surface area contributed by atoms with E-state index in [-0.39, 0.29) is 24.5 Å². The number of benzene rings is 2. The number of oxime groups is 1. The predicted molar refractivity (Wildman–Crippen MR) is 108 cm³/mol. The highest BCUT2D eigenvalue weighted by Gasteiger charge is 2.58. The normalized spacial score (nSPS) is 20.4. The van der Waals surface area contributed by atoms with Crippen LogP contribution in [-0.4, -0.2) is 43.1 Å². The van der Waals surface area contributed by atoms with E-state index in [9.17, 15) is 14.4 Å². The number of ketones is 1. The van der Waals surface area contributed by atoms with Crippen LogP contribution in [0.15, 0.2) is 47.6 Å². The Labute approximate surface area is 173 Å². The van der Waals surface area contributed by atoms with Crippen LogP contribution >= 0.6 is 0 Å². The third kappa shape index (κ3) is 3.10. The van der Waals surface area contributed by atoms with Gasteiger partial charge in [-0.15, -0.1) is 0 Å². The van der Waals surface area contributed by atoms with Crippen LogP contribution in [0.3, 0.4) is 0 Å². The molecule has 0 aliphatic carbocycles. The van der Waals surface area contributed by atoms with E-state index in [2.05, 4.69) is 5.16 Å². The number of carbonyl (C=O) groups excluding carboxylic acids is 3. The Morgan fingerprint density at radius 3 is 2.43 bits per heavy atom. The summed E-state index contributed by atoms with van der Waals surface area (Å²) in [4.78, 5) is 44.0. The number of carbonyl (C=O) groups is 3. The van der Waals surface area contributed by atoms with Gasteiger partial charge in [-0.2, -0.15) is 0 Å². The number of hydrogen-bond donors (Lipinski definition) is 0. The van der Waals surface area contributed by atoms with E-state index in [0.29, 0.717) is 34.0 Å². The van der Waals surface area contributed by atoms with Gasteiger partial charge in [-0.25, -0.2) is 4.90 Å². The summed E-state index contributed by atoms with van der Waals surface area (Å²) in [6.07, 6.45) is 0.00269. The van der Waals surface area contributed by atoms with Gasteiger partial charge >= 0.3 is 0 Å². The molecule has 0 radical (unpaired) electrons. The Balaban J connectivity index is 1.61. The van der Waals surface area contributed by atoms with Crippen LogP contribution in [0.5, 0.6) is 11.5 Å². The van der Waals surface area contributed by atoms with Crippen LogP contribution in [0.1, 0.15) is 35.7 Å². The highest BCUT2D eigenvalue weighted by atomic mass is 16.7. The van der Waals surface area contributed by atoms with Crippen LogP contribution in [0.2, 0.25) is 0 Å². The number of ether oxygens (including phenoxy) is 2. The quantitative estimate of drug-likeness (QED) is 0.558. The molecule has 8 heteroatoms. The van der Waals surface area contributed by atoms with E-state index < -0.39 is 11.5 Å². The molecular formula is C22H20N2O6. The standard InChI is InChI=1S/C22H20N2O6/c1-13(25)14-4-6-15(7-5-14)24-20(26)12-22(21(24)27)11-18(23-30-22)17-10-16(28-2)8-9-19(17)29-3/h4-10H,11-12H2,1-3H3. The van der Waals surface area contributed by atoms with Crippen molar-refractivity contribution >= 4 is 29.0 Å². The van der Waals surface area contributed by atoms with Gasteiger partial charge in [0.1, 0.15) is 11.5 Å². The lowest BCUT2D eigenvalue weighted by atomic mass is 9.92. The third-order valence-electron chi connectivity index (χ3n) is 5.31. The lowest BCUT2D eigenvalue weighted by Gasteiger charge is -2.19. The zero-order chi connectivity index (χ0) is 21.5. The maximum absolute atomic E-state index is 13.2. The van der Waals surface area contributed by atoms with E-state index in [4.69, 9.17) is 14.3 Å². The SMILES string of the molecule is COc1ccc(OC)c(C2=NOC3(CC(=O)N(c4ccc(C(C)=O)cc4)C3=O)C2)c1. The smallest absolute Gasteiger partial charge is 0.281 e. The molecule has 1 unspecified atom stereocenters. The number of amides is 2. The largest absolute Gasteiger partial charge is 0.497 e. The average Bonchev–Trinajstić information content (AvgIpc) is 3.28. The highest BCUT2D eigenvalue weighted by Crippen LogP contribution is 2.40. The van der Waals surface area contributed by atoms with Gasteiger partial charge in [0, 0.05) is 17.5 Å². The van der Waals surface area contributed by atoms with Crippen molar-refractivity contribution in [2.24, 2.45) is 5.16 Å². The molecule has 30 heavy (non-hydrogen) atoms. The van der Waals surface area contributed by atoms with Gasteiger partial charge in [0.25, 0.3) is 5.91 Å². The van der Waals surface area contributed by atoms with Crippen molar-refractivity contribution in [3.05, 3.63) is 53.6 Å². The minimum absolute atomic E-state index is 0.0958. The Bertz CT molecular complexity index is 1080. The molecule has 4 rings (SSSR count). The minimum atomic E-state index is -1.39. The molecule has 1 saturated heterocycles. The number of nitrogens with zero attached hydrogens (tertiary/aromatic N) is 2. The Morgan fingerprint density at radius 1 is 1.07 bits per heavy atom. The van der Waals surface area contributed by atoms with E-state index in [0.717, 1.165) is 4.90 Å². The second-order valence-electron chi connectivity index (χ2n) is 7.18. The maximum Gasteiger partial charge on any atom is 0.281 e. The molecule has 2 aliphatic rings. The fourth-order valence-corrected chi connectivity index (χ4v) is 3.69. The van der Waals surface area contributed by atoms with Crippen LogP contribution in [0.25, 0.3) is 0 Å². The molecule has 154 valence electrons. The molecule has 2 amide bonds. The van der Waals surface area contributed by atoms with E-state index in [1.54, 1.807) is 49.6 Å². The molecule has 2 aliphatic heterocycles.